The molecule has 0 N–H and O–H groups in total. The van der Waals surface area contributed by atoms with E-state index in [0.717, 1.165) is 22.5 Å². The number of hydrogen-bond donors (Lipinski definition) is 0. The topological polar surface area (TPSA) is 12.9 Å². The molecule has 1 heteroatoms. The highest BCUT2D eigenvalue weighted by Crippen LogP contribution is 2.40. The zero-order valence-electron chi connectivity index (χ0n) is 28.4. The van der Waals surface area contributed by atoms with Crippen LogP contribution in [0.15, 0.2) is 103 Å². The molecule has 0 bridgehead atoms. The second-order valence-corrected chi connectivity index (χ2v) is 14.4. The van der Waals surface area contributed by atoms with Crippen LogP contribution in [0.3, 0.4) is 0 Å². The molecule has 1 nitrogen and oxygen atoms in total. The molecule has 5 rings (SSSR count). The van der Waals surface area contributed by atoms with Crippen molar-refractivity contribution in [1.29, 1.82) is 0 Å². The summed E-state index contributed by atoms with van der Waals surface area (Å²) in [6, 6.07) is 38.0. The largest absolute Gasteiger partial charge is 0.248 e. The third-order valence-corrected chi connectivity index (χ3v) is 10.3. The van der Waals surface area contributed by atoms with Gasteiger partial charge in [-0.15, -0.1) is 0 Å². The van der Waals surface area contributed by atoms with E-state index in [1.807, 2.05) is 0 Å². The lowest BCUT2D eigenvalue weighted by Gasteiger charge is -2.31. The van der Waals surface area contributed by atoms with E-state index in [4.69, 9.17) is 4.98 Å². The maximum atomic E-state index is 5.33. The molecule has 0 atom stereocenters. The Morgan fingerprint density at radius 1 is 0.455 bits per heavy atom. The van der Waals surface area contributed by atoms with E-state index < -0.39 is 0 Å². The predicted molar refractivity (Wildman–Crippen MR) is 191 cm³/mol. The lowest BCUT2D eigenvalue weighted by atomic mass is 9.74. The van der Waals surface area contributed by atoms with Gasteiger partial charge >= 0.3 is 0 Å². The number of aryl methyl sites for hydroxylation is 2. The first-order chi connectivity index (χ1) is 20.8. The molecule has 1 heterocycles. The van der Waals surface area contributed by atoms with Gasteiger partial charge in [0.1, 0.15) is 0 Å². The lowest BCUT2D eigenvalue weighted by Crippen LogP contribution is -2.24. The zero-order chi connectivity index (χ0) is 31.8. The summed E-state index contributed by atoms with van der Waals surface area (Å²) in [4.78, 5) is 5.33. The Hall–Kier alpha value is -3.97. The Bertz CT molecular complexity index is 1650. The minimum absolute atomic E-state index is 0.0810. The van der Waals surface area contributed by atoms with Crippen molar-refractivity contribution in [3.05, 3.63) is 125 Å². The van der Waals surface area contributed by atoms with Gasteiger partial charge in [0, 0.05) is 11.1 Å². The molecule has 0 unspecified atom stereocenters. The summed E-state index contributed by atoms with van der Waals surface area (Å²) in [6.07, 6.45) is 0. The van der Waals surface area contributed by atoms with E-state index in [0.29, 0.717) is 11.8 Å². The van der Waals surface area contributed by atoms with E-state index in [-0.39, 0.29) is 10.8 Å². The highest BCUT2D eigenvalue weighted by Gasteiger charge is 2.27. The zero-order valence-corrected chi connectivity index (χ0v) is 28.4. The first-order valence-electron chi connectivity index (χ1n) is 16.2. The summed E-state index contributed by atoms with van der Waals surface area (Å²) in [5.74, 6) is 1.07. The van der Waals surface area contributed by atoms with E-state index in [9.17, 15) is 0 Å². The number of benzene rings is 4. The third-order valence-electron chi connectivity index (χ3n) is 10.3. The van der Waals surface area contributed by atoms with E-state index >= 15 is 0 Å². The average molecular weight is 580 g/mol. The molecule has 0 saturated carbocycles. The van der Waals surface area contributed by atoms with Gasteiger partial charge in [-0.2, -0.15) is 0 Å². The molecule has 0 aliphatic rings. The molecular formula is C43H49N. The molecule has 0 radical (unpaired) electrons. The van der Waals surface area contributed by atoms with Crippen LogP contribution in [0.1, 0.15) is 77.6 Å². The van der Waals surface area contributed by atoms with Gasteiger partial charge in [0.15, 0.2) is 0 Å². The standard InChI is InChI=1S/C43H49N/c1-28(2)42(7,8)34-24-30(5)22-32(26-34)36-16-11-13-18-38(36)40-20-15-21-41(44-40)39-19-14-12-17-37(39)33-23-31(6)25-35(27-33)43(9,10)29(3)4/h11-29H,1-10H3. The molecule has 1 aromatic heterocycles. The van der Waals surface area contributed by atoms with Crippen molar-refractivity contribution in [2.75, 3.05) is 0 Å². The molecule has 0 spiro atoms. The van der Waals surface area contributed by atoms with Crippen molar-refractivity contribution in [2.45, 2.75) is 80.1 Å². The first-order valence-corrected chi connectivity index (χ1v) is 16.2. The van der Waals surface area contributed by atoms with Crippen molar-refractivity contribution in [1.82, 2.24) is 4.98 Å². The molecule has 0 fully saturated rings. The van der Waals surface area contributed by atoms with Crippen molar-refractivity contribution < 1.29 is 0 Å². The van der Waals surface area contributed by atoms with Gasteiger partial charge in [-0.25, -0.2) is 4.98 Å². The minimum Gasteiger partial charge on any atom is -0.248 e. The van der Waals surface area contributed by atoms with Crippen LogP contribution in [0.5, 0.6) is 0 Å². The molecule has 226 valence electrons. The molecule has 0 aliphatic heterocycles. The Labute approximate surface area is 266 Å². The summed E-state index contributed by atoms with van der Waals surface area (Å²) in [7, 11) is 0. The summed E-state index contributed by atoms with van der Waals surface area (Å²) in [6.45, 7) is 23.1. The van der Waals surface area contributed by atoms with Gasteiger partial charge in [0.2, 0.25) is 0 Å². The second-order valence-electron chi connectivity index (χ2n) is 14.4. The first kappa shape index (κ1) is 31.5. The second kappa shape index (κ2) is 12.2. The Morgan fingerprint density at radius 3 is 1.18 bits per heavy atom. The SMILES string of the molecule is Cc1cc(-c2ccccc2-c2cccc(-c3ccccc3-c3cc(C)cc(C(C)(C)C(C)C)c3)n2)cc(C(C)(C)C(C)C)c1. The van der Waals surface area contributed by atoms with E-state index in [2.05, 4.69) is 172 Å². The van der Waals surface area contributed by atoms with Gasteiger partial charge in [0.05, 0.1) is 11.4 Å². The highest BCUT2D eigenvalue weighted by atomic mass is 14.7. The number of rotatable bonds is 8. The van der Waals surface area contributed by atoms with Crippen LogP contribution in [0.2, 0.25) is 0 Å². The summed E-state index contributed by atoms with van der Waals surface area (Å²) in [5.41, 5.74) is 14.7. The quantitative estimate of drug-likeness (QED) is 0.178. The van der Waals surface area contributed by atoms with Crippen LogP contribution in [0.4, 0.5) is 0 Å². The monoisotopic (exact) mass is 579 g/mol. The normalized spacial score (nSPS) is 12.3. The van der Waals surface area contributed by atoms with Crippen molar-refractivity contribution >= 4 is 0 Å². The fraction of sp³-hybridized carbons (Fsp3) is 0.326. The van der Waals surface area contributed by atoms with Crippen LogP contribution in [-0.2, 0) is 10.8 Å². The number of aromatic nitrogens is 1. The van der Waals surface area contributed by atoms with E-state index in [1.165, 1.54) is 44.5 Å². The highest BCUT2D eigenvalue weighted by molar-refractivity contribution is 5.86. The molecule has 0 amide bonds. The Kier molecular flexibility index (Phi) is 8.72. The number of hydrogen-bond acceptors (Lipinski definition) is 1. The van der Waals surface area contributed by atoms with Gasteiger partial charge in [-0.3, -0.25) is 0 Å². The van der Waals surface area contributed by atoms with Gasteiger partial charge in [-0.1, -0.05) is 158 Å². The van der Waals surface area contributed by atoms with Crippen LogP contribution in [0.25, 0.3) is 44.8 Å². The van der Waals surface area contributed by atoms with Crippen molar-refractivity contribution in [2.24, 2.45) is 11.8 Å². The van der Waals surface area contributed by atoms with Gasteiger partial charge < -0.3 is 0 Å². The molecule has 0 aliphatic carbocycles. The lowest BCUT2D eigenvalue weighted by molar-refractivity contribution is 0.372. The smallest absolute Gasteiger partial charge is 0.0715 e. The molecular weight excluding hydrogens is 530 g/mol. The number of pyridine rings is 1. The van der Waals surface area contributed by atoms with Crippen molar-refractivity contribution in [3.8, 4) is 44.8 Å². The summed E-state index contributed by atoms with van der Waals surface area (Å²) in [5, 5.41) is 0. The maximum absolute atomic E-state index is 5.33. The number of nitrogens with zero attached hydrogens (tertiary/aromatic N) is 1. The van der Waals surface area contributed by atoms with Crippen molar-refractivity contribution in [3.63, 3.8) is 0 Å². The molecule has 5 aromatic rings. The predicted octanol–water partition coefficient (Wildman–Crippen LogP) is 12.2. The van der Waals surface area contributed by atoms with Crippen LogP contribution < -0.4 is 0 Å². The van der Waals surface area contributed by atoms with E-state index in [1.54, 1.807) is 0 Å². The fourth-order valence-corrected chi connectivity index (χ4v) is 5.94. The summed E-state index contributed by atoms with van der Waals surface area (Å²) < 4.78 is 0. The molecule has 4 aromatic carbocycles. The van der Waals surface area contributed by atoms with Crippen LogP contribution >= 0.6 is 0 Å². The van der Waals surface area contributed by atoms with Crippen LogP contribution in [0, 0.1) is 25.7 Å². The maximum Gasteiger partial charge on any atom is 0.0715 e. The Morgan fingerprint density at radius 2 is 0.818 bits per heavy atom. The molecule has 44 heavy (non-hydrogen) atoms. The average Bonchev–Trinajstić information content (AvgIpc) is 3.00. The summed E-state index contributed by atoms with van der Waals surface area (Å²) >= 11 is 0. The minimum atomic E-state index is 0.0810. The van der Waals surface area contributed by atoms with Gasteiger partial charge in [-0.05, 0) is 82.0 Å². The van der Waals surface area contributed by atoms with Crippen LogP contribution in [-0.4, -0.2) is 4.98 Å². The Balaban J connectivity index is 1.62. The fourth-order valence-electron chi connectivity index (χ4n) is 5.94. The molecule has 0 saturated heterocycles. The van der Waals surface area contributed by atoms with Gasteiger partial charge in [0.25, 0.3) is 0 Å². The third kappa shape index (κ3) is 6.16.